The number of aryl methyl sites for hydroxylation is 1. The smallest absolute Gasteiger partial charge is 0.273 e. The van der Waals surface area contributed by atoms with Crippen LogP contribution < -0.4 is 24.8 Å². The van der Waals surface area contributed by atoms with Crippen molar-refractivity contribution in [3.8, 4) is 22.2 Å². The zero-order valence-corrected chi connectivity index (χ0v) is 37.6. The fraction of sp³-hybridized carbons (Fsp3) is 0.465. The molecule has 0 bridgehead atoms. The van der Waals surface area contributed by atoms with E-state index in [0.717, 1.165) is 11.3 Å². The Morgan fingerprint density at radius 3 is 2.48 bits per heavy atom. The highest BCUT2D eigenvalue weighted by molar-refractivity contribution is 7.77. The van der Waals surface area contributed by atoms with Crippen molar-refractivity contribution in [3.05, 3.63) is 76.3 Å². The highest BCUT2D eigenvalue weighted by Gasteiger charge is 2.61. The average molecular weight is 901 g/mol. The molecule has 61 heavy (non-hydrogen) atoms. The number of ether oxygens (including phenoxy) is 2. The number of carbonyl (C=O) groups is 3. The number of halogens is 3. The number of amides is 3. The normalized spacial score (nSPS) is 21.2. The summed E-state index contributed by atoms with van der Waals surface area (Å²) in [6, 6.07) is 7.02. The van der Waals surface area contributed by atoms with Crippen molar-refractivity contribution < 1.29 is 41.4 Å². The van der Waals surface area contributed by atoms with Crippen molar-refractivity contribution in [3.63, 3.8) is 0 Å². The summed E-state index contributed by atoms with van der Waals surface area (Å²) in [5.74, 6) is -4.63. The molecule has 13 nitrogen and oxygen atoms in total. The summed E-state index contributed by atoms with van der Waals surface area (Å²) in [5, 5.41) is 9.27. The number of hydrogen-bond acceptors (Lipinski definition) is 10. The molecule has 3 heterocycles. The van der Waals surface area contributed by atoms with Crippen LogP contribution in [0.15, 0.2) is 54.4 Å². The first-order chi connectivity index (χ1) is 28.6. The van der Waals surface area contributed by atoms with E-state index in [1.807, 2.05) is 23.1 Å². The van der Waals surface area contributed by atoms with E-state index < -0.39 is 76.4 Å². The van der Waals surface area contributed by atoms with E-state index >= 15 is 0 Å². The molecule has 18 heteroatoms. The number of fused-ring (bicyclic) bond motifs is 1. The van der Waals surface area contributed by atoms with Gasteiger partial charge in [-0.1, -0.05) is 59.2 Å². The molecule has 1 saturated carbocycles. The number of nitrogens with one attached hydrogen (secondary N) is 3. The minimum absolute atomic E-state index is 0.0239. The lowest BCUT2D eigenvalue weighted by atomic mass is 9.85. The van der Waals surface area contributed by atoms with Crippen LogP contribution in [0.5, 0.6) is 11.5 Å². The summed E-state index contributed by atoms with van der Waals surface area (Å²) in [6.07, 6.45) is 0.310. The first kappa shape index (κ1) is 45.8. The van der Waals surface area contributed by atoms with E-state index in [9.17, 15) is 31.9 Å². The number of alkyl halides is 2. The molecule has 0 radical (unpaired) electrons. The van der Waals surface area contributed by atoms with Crippen molar-refractivity contribution in [1.29, 1.82) is 0 Å². The molecule has 4 aromatic rings. The van der Waals surface area contributed by atoms with Crippen LogP contribution in [0.25, 0.3) is 21.6 Å². The molecule has 0 spiro atoms. The molecule has 1 aliphatic heterocycles. The highest BCUT2D eigenvalue weighted by Crippen LogP contribution is 2.45. The molecule has 4 N–H and O–H groups in total. The molecule has 3 amide bonds. The Morgan fingerprint density at radius 1 is 1.16 bits per heavy atom. The van der Waals surface area contributed by atoms with Crippen LogP contribution in [0.2, 0.25) is 5.02 Å². The zero-order chi connectivity index (χ0) is 44.8. The van der Waals surface area contributed by atoms with Crippen LogP contribution in [0.4, 0.5) is 14.5 Å². The molecule has 2 fully saturated rings. The number of methoxy groups -OCH3 is 1. The maximum absolute atomic E-state index is 15.0. The molecular weight excluding hydrogens is 850 g/mol. The lowest BCUT2D eigenvalue weighted by Gasteiger charge is -2.36. The van der Waals surface area contributed by atoms with E-state index in [2.05, 4.69) is 31.1 Å². The molecule has 328 valence electrons. The van der Waals surface area contributed by atoms with E-state index in [0.29, 0.717) is 33.1 Å². The molecule has 1 aliphatic carbocycles. The second-order valence-corrected chi connectivity index (χ2v) is 18.9. The van der Waals surface area contributed by atoms with Gasteiger partial charge in [-0.05, 0) is 55.0 Å². The quantitative estimate of drug-likeness (QED) is 0.0674. The van der Waals surface area contributed by atoms with E-state index in [1.54, 1.807) is 40.0 Å². The monoisotopic (exact) mass is 900 g/mol. The van der Waals surface area contributed by atoms with Crippen LogP contribution >= 0.6 is 22.9 Å². The second kappa shape index (κ2) is 17.6. The van der Waals surface area contributed by atoms with Gasteiger partial charge in [0.25, 0.3) is 23.1 Å². The topological polar surface area (TPSA) is 172 Å². The van der Waals surface area contributed by atoms with Crippen molar-refractivity contribution >= 4 is 68.5 Å². The van der Waals surface area contributed by atoms with Gasteiger partial charge in [-0.25, -0.2) is 27.7 Å². The number of hydrogen-bond donors (Lipinski definition) is 4. The predicted octanol–water partition coefficient (Wildman–Crippen LogP) is 8.14. The van der Waals surface area contributed by atoms with Gasteiger partial charge in [0, 0.05) is 57.4 Å². The maximum atomic E-state index is 15.0. The molecule has 2 aliphatic rings. The van der Waals surface area contributed by atoms with E-state index in [4.69, 9.17) is 31.0 Å². The highest BCUT2D eigenvalue weighted by atomic mass is 35.5. The Hall–Kier alpha value is -4.71. The van der Waals surface area contributed by atoms with Crippen molar-refractivity contribution in [2.45, 2.75) is 103 Å². The third kappa shape index (κ3) is 9.54. The van der Waals surface area contributed by atoms with Gasteiger partial charge in [0.15, 0.2) is 0 Å². The first-order valence-corrected chi connectivity index (χ1v) is 22.2. The number of likely N-dealkylation sites (tertiary alicyclic amines) is 1. The Kier molecular flexibility index (Phi) is 13.2. The largest absolute Gasteiger partial charge is 0.496 e. The van der Waals surface area contributed by atoms with Gasteiger partial charge in [0.1, 0.15) is 45.9 Å². The molecule has 6 atom stereocenters. The Morgan fingerprint density at radius 2 is 1.89 bits per heavy atom. The fourth-order valence-electron chi connectivity index (χ4n) is 7.61. The minimum Gasteiger partial charge on any atom is -0.496 e. The molecular formula is C43H51ClF2N6O7S2. The third-order valence-electron chi connectivity index (χ3n) is 11.3. The van der Waals surface area contributed by atoms with Crippen LogP contribution in [0.1, 0.15) is 83.5 Å². The van der Waals surface area contributed by atoms with E-state index in [-0.39, 0.29) is 41.6 Å². The van der Waals surface area contributed by atoms with E-state index in [1.165, 1.54) is 47.4 Å². The molecule has 1 saturated heterocycles. The number of rotatable bonds is 15. The molecule has 6 unspecified atom stereocenters. The summed E-state index contributed by atoms with van der Waals surface area (Å²) >= 11 is 5.07. The van der Waals surface area contributed by atoms with Crippen molar-refractivity contribution in [2.24, 2.45) is 11.3 Å². The van der Waals surface area contributed by atoms with Gasteiger partial charge in [-0.2, -0.15) is 0 Å². The first-order valence-electron chi connectivity index (χ1n) is 19.9. The number of benzene rings is 2. The van der Waals surface area contributed by atoms with Crippen molar-refractivity contribution in [1.82, 2.24) is 24.9 Å². The van der Waals surface area contributed by atoms with Crippen molar-refractivity contribution in [2.75, 3.05) is 19.0 Å². The van der Waals surface area contributed by atoms with Gasteiger partial charge in [0.05, 0.1) is 24.9 Å². The van der Waals surface area contributed by atoms with Crippen LogP contribution in [-0.2, 0) is 31.6 Å². The number of thiazole rings is 1. The average Bonchev–Trinajstić information content (AvgIpc) is 3.47. The van der Waals surface area contributed by atoms with Crippen LogP contribution in [-0.4, -0.2) is 78.7 Å². The predicted molar refractivity (Wildman–Crippen MR) is 233 cm³/mol. The number of aromatic nitrogens is 2. The summed E-state index contributed by atoms with van der Waals surface area (Å²) in [6.45, 7) is 16.4. The van der Waals surface area contributed by atoms with Gasteiger partial charge >= 0.3 is 0 Å². The lowest BCUT2D eigenvalue weighted by Crippen LogP contribution is -2.58. The van der Waals surface area contributed by atoms with Gasteiger partial charge in [0.2, 0.25) is 11.8 Å². The summed E-state index contributed by atoms with van der Waals surface area (Å²) in [4.78, 5) is 53.9. The lowest BCUT2D eigenvalue weighted by molar-refractivity contribution is -0.141. The third-order valence-corrected chi connectivity index (χ3v) is 12.7. The maximum Gasteiger partial charge on any atom is 0.273 e. The molecule has 2 aromatic carbocycles. The standard InChI is InChI=1S/C43H51ClF2N6O7S2/c1-10-24-19-42(24,40(55)51-61(56)57)50-37(53)32-17-28(20-52(32)39(54)36(41(6,7)8)47-27-15-25(14-26(44)16-27)43(45,46)11-2)59-34-18-30(38-49-31(21-60-38)22(3)4)48-35-23(5)33(58-9)13-12-29(34)35/h10,12-16,18,21-22,24,28,32,36,47H,1,11,17,19-20H2,2-9H3,(H,50,53)(H,51,55)(H,56,57). The SMILES string of the molecule is C=CC1CC1(NC(=O)C1CC(Oc2cc(-c3nc(C(C)C)cs3)nc3c(C)c(OC)ccc23)CN1C(=O)C(Nc1cc(Cl)cc(C(F)(F)CC)c1)C(C)(C)C)C(=O)NS(=O)O. The number of pyridine rings is 1. The minimum atomic E-state index is -3.18. The van der Waals surface area contributed by atoms with Gasteiger partial charge < -0.3 is 25.0 Å². The number of nitrogens with zero attached hydrogens (tertiary/aromatic N) is 3. The Bertz CT molecular complexity index is 2390. The molecule has 2 aromatic heterocycles. The van der Waals surface area contributed by atoms with Crippen LogP contribution in [0.3, 0.4) is 0 Å². The summed E-state index contributed by atoms with van der Waals surface area (Å²) in [5.41, 5.74) is 0.274. The molecule has 6 rings (SSSR count). The Balaban J connectivity index is 1.40. The number of carbonyl (C=O) groups excluding carboxylic acids is 3. The summed E-state index contributed by atoms with van der Waals surface area (Å²) < 4.78 is 65.2. The number of anilines is 1. The van der Waals surface area contributed by atoms with Crippen LogP contribution in [0, 0.1) is 18.3 Å². The fourth-order valence-corrected chi connectivity index (χ4v) is 9.12. The second-order valence-electron chi connectivity index (χ2n) is 16.9. The van der Waals surface area contributed by atoms with Gasteiger partial charge in [-0.3, -0.25) is 18.9 Å². The summed E-state index contributed by atoms with van der Waals surface area (Å²) in [7, 11) is 1.57. The van der Waals surface area contributed by atoms with Gasteiger partial charge in [-0.15, -0.1) is 17.9 Å². The Labute approximate surface area is 365 Å². The zero-order valence-electron chi connectivity index (χ0n) is 35.2.